The second-order valence-corrected chi connectivity index (χ2v) is 3.10. The maximum absolute atomic E-state index is 10.7. The van der Waals surface area contributed by atoms with Gasteiger partial charge in [0.25, 0.3) is 0 Å². The molecule has 0 radical (unpaired) electrons. The minimum Gasteiger partial charge on any atom is -0.481 e. The topological polar surface area (TPSA) is 70.2 Å². The summed E-state index contributed by atoms with van der Waals surface area (Å²) in [5.74, 6) is -0.928. The van der Waals surface area contributed by atoms with E-state index >= 15 is 0 Å². The highest BCUT2D eigenvalue weighted by molar-refractivity contribution is 9.10. The van der Waals surface area contributed by atoms with Crippen LogP contribution in [0.1, 0.15) is 5.56 Å². The van der Waals surface area contributed by atoms with Gasteiger partial charge in [-0.1, -0.05) is 15.9 Å². The lowest BCUT2D eigenvalue weighted by atomic mass is 10.2. The van der Waals surface area contributed by atoms with E-state index in [0.717, 1.165) is 0 Å². The van der Waals surface area contributed by atoms with Crippen molar-refractivity contribution in [2.75, 3.05) is 0 Å². The SMILES string of the molecule is O=C(O)Cc1c[nH]c(=O)cc1Br. The number of rotatable bonds is 2. The van der Waals surface area contributed by atoms with E-state index < -0.39 is 5.97 Å². The highest BCUT2D eigenvalue weighted by Crippen LogP contribution is 2.12. The molecular formula is C7H6BrNO3. The fourth-order valence-corrected chi connectivity index (χ4v) is 1.24. The molecule has 4 nitrogen and oxygen atoms in total. The van der Waals surface area contributed by atoms with E-state index in [1.807, 2.05) is 0 Å². The molecule has 0 atom stereocenters. The third kappa shape index (κ3) is 2.20. The first-order chi connectivity index (χ1) is 5.59. The number of carboxylic acids is 1. The maximum Gasteiger partial charge on any atom is 0.307 e. The standard InChI is InChI=1S/C7H6BrNO3/c8-5-2-6(10)9-3-4(5)1-7(11)12/h2-3H,1H2,(H,9,10)(H,11,12). The van der Waals surface area contributed by atoms with Gasteiger partial charge in [-0.3, -0.25) is 9.59 Å². The number of carboxylic acid groups (broad SMARTS) is 1. The molecule has 0 aliphatic rings. The molecule has 0 aliphatic heterocycles. The molecule has 0 fully saturated rings. The van der Waals surface area contributed by atoms with Crippen LogP contribution in [0, 0.1) is 0 Å². The minimum absolute atomic E-state index is 0.0998. The molecule has 1 rings (SSSR count). The first-order valence-electron chi connectivity index (χ1n) is 3.18. The number of aliphatic carboxylic acids is 1. The van der Waals surface area contributed by atoms with E-state index in [2.05, 4.69) is 20.9 Å². The van der Waals surface area contributed by atoms with Crippen LogP contribution >= 0.6 is 15.9 Å². The summed E-state index contributed by atoms with van der Waals surface area (Å²) in [6, 6.07) is 1.30. The van der Waals surface area contributed by atoms with Crippen molar-refractivity contribution in [2.24, 2.45) is 0 Å². The van der Waals surface area contributed by atoms with Crippen LogP contribution in [0.3, 0.4) is 0 Å². The fraction of sp³-hybridized carbons (Fsp3) is 0.143. The zero-order valence-electron chi connectivity index (χ0n) is 6.00. The number of pyridine rings is 1. The van der Waals surface area contributed by atoms with Gasteiger partial charge in [0.05, 0.1) is 6.42 Å². The summed E-state index contributed by atoms with van der Waals surface area (Å²) in [5, 5.41) is 8.45. The predicted molar refractivity (Wildman–Crippen MR) is 46.1 cm³/mol. The number of aromatic nitrogens is 1. The largest absolute Gasteiger partial charge is 0.481 e. The van der Waals surface area contributed by atoms with E-state index in [0.29, 0.717) is 10.0 Å². The van der Waals surface area contributed by atoms with Gasteiger partial charge in [-0.05, 0) is 5.56 Å². The summed E-state index contributed by atoms with van der Waals surface area (Å²) in [7, 11) is 0. The van der Waals surface area contributed by atoms with Gasteiger partial charge in [0, 0.05) is 16.7 Å². The Balaban J connectivity index is 3.01. The number of carbonyl (C=O) groups is 1. The summed E-state index contributed by atoms with van der Waals surface area (Å²) in [6.45, 7) is 0. The third-order valence-corrected chi connectivity index (χ3v) is 2.03. The minimum atomic E-state index is -0.928. The van der Waals surface area contributed by atoms with Gasteiger partial charge in [-0.15, -0.1) is 0 Å². The number of hydrogen-bond donors (Lipinski definition) is 2. The summed E-state index contributed by atoms with van der Waals surface area (Å²) in [4.78, 5) is 23.4. The predicted octanol–water partition coefficient (Wildman–Crippen LogP) is 0.765. The van der Waals surface area contributed by atoms with Gasteiger partial charge in [-0.2, -0.15) is 0 Å². The van der Waals surface area contributed by atoms with Crippen molar-refractivity contribution in [3.8, 4) is 0 Å². The van der Waals surface area contributed by atoms with E-state index in [9.17, 15) is 9.59 Å². The summed E-state index contributed by atoms with van der Waals surface area (Å²) < 4.78 is 0.522. The number of H-pyrrole nitrogens is 1. The number of aromatic amines is 1. The van der Waals surface area contributed by atoms with Crippen molar-refractivity contribution in [2.45, 2.75) is 6.42 Å². The number of nitrogens with one attached hydrogen (secondary N) is 1. The molecule has 1 aromatic heterocycles. The molecule has 0 unspecified atom stereocenters. The van der Waals surface area contributed by atoms with Gasteiger partial charge in [0.2, 0.25) is 5.56 Å². The molecule has 1 aromatic rings. The van der Waals surface area contributed by atoms with Crippen molar-refractivity contribution in [1.82, 2.24) is 4.98 Å². The monoisotopic (exact) mass is 231 g/mol. The first kappa shape index (κ1) is 8.99. The normalized spacial score (nSPS) is 9.75. The van der Waals surface area contributed by atoms with Crippen molar-refractivity contribution in [1.29, 1.82) is 0 Å². The molecule has 5 heteroatoms. The summed E-state index contributed by atoms with van der Waals surface area (Å²) >= 11 is 3.09. The van der Waals surface area contributed by atoms with Gasteiger partial charge in [0.15, 0.2) is 0 Å². The molecule has 0 saturated heterocycles. The molecule has 1 heterocycles. The quantitative estimate of drug-likeness (QED) is 0.790. The van der Waals surface area contributed by atoms with Crippen LogP contribution in [-0.4, -0.2) is 16.1 Å². The molecular weight excluding hydrogens is 226 g/mol. The molecule has 0 aromatic carbocycles. The van der Waals surface area contributed by atoms with Gasteiger partial charge in [-0.25, -0.2) is 0 Å². The molecule has 64 valence electrons. The van der Waals surface area contributed by atoms with E-state index in [1.165, 1.54) is 12.3 Å². The van der Waals surface area contributed by atoms with E-state index in [1.54, 1.807) is 0 Å². The number of hydrogen-bond acceptors (Lipinski definition) is 2. The van der Waals surface area contributed by atoms with Gasteiger partial charge >= 0.3 is 5.97 Å². The maximum atomic E-state index is 10.7. The Morgan fingerprint density at radius 1 is 1.67 bits per heavy atom. The van der Waals surface area contributed by atoms with Gasteiger partial charge in [0.1, 0.15) is 0 Å². The van der Waals surface area contributed by atoms with Gasteiger partial charge < -0.3 is 10.1 Å². The average molecular weight is 232 g/mol. The lowest BCUT2D eigenvalue weighted by Crippen LogP contribution is -2.08. The van der Waals surface area contributed by atoms with Crippen LogP contribution < -0.4 is 5.56 Å². The molecule has 0 amide bonds. The summed E-state index contributed by atoms with van der Waals surface area (Å²) in [6.07, 6.45) is 1.29. The average Bonchev–Trinajstić information content (AvgIpc) is 1.94. The van der Waals surface area contributed by atoms with Crippen LogP contribution in [-0.2, 0) is 11.2 Å². The second-order valence-electron chi connectivity index (χ2n) is 2.24. The van der Waals surface area contributed by atoms with Crippen molar-refractivity contribution < 1.29 is 9.90 Å². The van der Waals surface area contributed by atoms with Crippen molar-refractivity contribution in [3.63, 3.8) is 0 Å². The summed E-state index contributed by atoms with van der Waals surface area (Å²) in [5.41, 5.74) is 0.304. The molecule has 0 saturated carbocycles. The molecule has 0 bridgehead atoms. The lowest BCUT2D eigenvalue weighted by molar-refractivity contribution is -0.136. The van der Waals surface area contributed by atoms with Crippen molar-refractivity contribution >= 4 is 21.9 Å². The fourth-order valence-electron chi connectivity index (χ4n) is 0.775. The Morgan fingerprint density at radius 2 is 2.33 bits per heavy atom. The molecule has 2 N–H and O–H groups in total. The zero-order chi connectivity index (χ0) is 9.14. The first-order valence-corrected chi connectivity index (χ1v) is 3.98. The Kier molecular flexibility index (Phi) is 2.65. The number of halogens is 1. The van der Waals surface area contributed by atoms with Crippen LogP contribution in [0.4, 0.5) is 0 Å². The second kappa shape index (κ2) is 3.53. The van der Waals surface area contributed by atoms with Crippen LogP contribution in [0.5, 0.6) is 0 Å². The van der Waals surface area contributed by atoms with Crippen LogP contribution in [0.15, 0.2) is 21.5 Å². The van der Waals surface area contributed by atoms with Crippen molar-refractivity contribution in [3.05, 3.63) is 32.7 Å². The Hall–Kier alpha value is -1.10. The molecule has 12 heavy (non-hydrogen) atoms. The molecule has 0 spiro atoms. The molecule has 0 aliphatic carbocycles. The Labute approximate surface area is 76.4 Å². The lowest BCUT2D eigenvalue weighted by Gasteiger charge is -1.98. The van der Waals surface area contributed by atoms with E-state index in [-0.39, 0.29) is 12.0 Å². The third-order valence-electron chi connectivity index (χ3n) is 1.29. The smallest absolute Gasteiger partial charge is 0.307 e. The van der Waals surface area contributed by atoms with Crippen LogP contribution in [0.2, 0.25) is 0 Å². The highest BCUT2D eigenvalue weighted by Gasteiger charge is 2.04. The Morgan fingerprint density at radius 3 is 2.83 bits per heavy atom. The zero-order valence-corrected chi connectivity index (χ0v) is 7.59. The van der Waals surface area contributed by atoms with E-state index in [4.69, 9.17) is 5.11 Å². The highest BCUT2D eigenvalue weighted by atomic mass is 79.9. The Bertz CT molecular complexity index is 358. The van der Waals surface area contributed by atoms with Crippen LogP contribution in [0.25, 0.3) is 0 Å².